The van der Waals surface area contributed by atoms with E-state index >= 15 is 0 Å². The first kappa shape index (κ1) is 12.9. The Hall–Kier alpha value is -0.570. The Labute approximate surface area is 104 Å². The van der Waals surface area contributed by atoms with Crippen LogP contribution in [0.25, 0.3) is 0 Å². The molecule has 0 aromatic carbocycles. The third kappa shape index (κ3) is 3.44. The molecule has 0 amide bonds. The molecule has 0 spiro atoms. The molecule has 0 aromatic heterocycles. The lowest BCUT2D eigenvalue weighted by atomic mass is 9.88. The van der Waals surface area contributed by atoms with Gasteiger partial charge in [-0.25, -0.2) is 0 Å². The fraction of sp³-hybridized carbons (Fsp3) is 0.929. The topological polar surface area (TPSA) is 38.3 Å². The lowest BCUT2D eigenvalue weighted by molar-refractivity contribution is -0.155. The van der Waals surface area contributed by atoms with Crippen LogP contribution in [-0.2, 0) is 9.53 Å². The number of rotatable bonds is 2. The second-order valence-electron chi connectivity index (χ2n) is 5.87. The summed E-state index contributed by atoms with van der Waals surface area (Å²) in [5, 5.41) is 3.29. The standard InChI is InChI=1S/C14H25NO2/c1-10-5-7-12(8-6-10)17-14(16)13-11(2)4-3-9-15-13/h10-13,15H,3-9H2,1-2H3. The quantitative estimate of drug-likeness (QED) is 0.752. The molecule has 1 saturated heterocycles. The molecule has 3 heteroatoms. The van der Waals surface area contributed by atoms with Gasteiger partial charge in [-0.15, -0.1) is 0 Å². The lowest BCUT2D eigenvalue weighted by Crippen LogP contribution is -2.47. The normalized spacial score (nSPS) is 38.7. The molecule has 98 valence electrons. The molecule has 1 saturated carbocycles. The van der Waals surface area contributed by atoms with E-state index in [0.29, 0.717) is 5.92 Å². The fourth-order valence-electron chi connectivity index (χ4n) is 2.95. The average Bonchev–Trinajstić information content (AvgIpc) is 2.32. The minimum Gasteiger partial charge on any atom is -0.461 e. The summed E-state index contributed by atoms with van der Waals surface area (Å²) in [6, 6.07) is -0.0666. The Balaban J connectivity index is 1.79. The second kappa shape index (κ2) is 5.85. The van der Waals surface area contributed by atoms with Crippen molar-refractivity contribution in [3.63, 3.8) is 0 Å². The van der Waals surface area contributed by atoms with Crippen molar-refractivity contribution in [1.29, 1.82) is 0 Å². The van der Waals surface area contributed by atoms with Crippen LogP contribution in [-0.4, -0.2) is 24.7 Å². The largest absolute Gasteiger partial charge is 0.461 e. The van der Waals surface area contributed by atoms with Gasteiger partial charge >= 0.3 is 5.97 Å². The summed E-state index contributed by atoms with van der Waals surface area (Å²) < 4.78 is 5.65. The molecule has 0 radical (unpaired) electrons. The smallest absolute Gasteiger partial charge is 0.323 e. The molecule has 0 aromatic rings. The van der Waals surface area contributed by atoms with E-state index in [9.17, 15) is 4.79 Å². The van der Waals surface area contributed by atoms with Gasteiger partial charge in [0.1, 0.15) is 12.1 Å². The van der Waals surface area contributed by atoms with Crippen LogP contribution in [0.1, 0.15) is 52.4 Å². The first-order valence-corrected chi connectivity index (χ1v) is 7.10. The summed E-state index contributed by atoms with van der Waals surface area (Å²) in [5.41, 5.74) is 0. The summed E-state index contributed by atoms with van der Waals surface area (Å²) in [6.07, 6.45) is 6.98. The third-order valence-electron chi connectivity index (χ3n) is 4.27. The number of piperidine rings is 1. The molecule has 2 fully saturated rings. The van der Waals surface area contributed by atoms with Gasteiger partial charge in [0.25, 0.3) is 0 Å². The van der Waals surface area contributed by atoms with Crippen LogP contribution in [0.3, 0.4) is 0 Å². The number of nitrogens with one attached hydrogen (secondary N) is 1. The fourth-order valence-corrected chi connectivity index (χ4v) is 2.95. The minimum atomic E-state index is -0.0666. The van der Waals surface area contributed by atoms with Gasteiger partial charge in [-0.1, -0.05) is 13.8 Å². The minimum absolute atomic E-state index is 0.0169. The summed E-state index contributed by atoms with van der Waals surface area (Å²) in [6.45, 7) is 5.37. The Kier molecular flexibility index (Phi) is 4.43. The summed E-state index contributed by atoms with van der Waals surface area (Å²) >= 11 is 0. The Morgan fingerprint density at radius 3 is 2.47 bits per heavy atom. The Bertz CT molecular complexity index is 259. The predicted molar refractivity (Wildman–Crippen MR) is 67.7 cm³/mol. The van der Waals surface area contributed by atoms with E-state index in [-0.39, 0.29) is 18.1 Å². The SMILES string of the molecule is CC1CCC(OC(=O)C2NCCCC2C)CC1. The zero-order valence-electron chi connectivity index (χ0n) is 11.1. The molecule has 2 unspecified atom stereocenters. The van der Waals surface area contributed by atoms with E-state index < -0.39 is 0 Å². The van der Waals surface area contributed by atoms with Crippen LogP contribution in [0.2, 0.25) is 0 Å². The van der Waals surface area contributed by atoms with Crippen molar-refractivity contribution in [2.24, 2.45) is 11.8 Å². The number of ether oxygens (including phenoxy) is 1. The van der Waals surface area contributed by atoms with Gasteiger partial charge in [-0.05, 0) is 56.9 Å². The van der Waals surface area contributed by atoms with Gasteiger partial charge in [-0.2, -0.15) is 0 Å². The van der Waals surface area contributed by atoms with Crippen molar-refractivity contribution in [3.8, 4) is 0 Å². The van der Waals surface area contributed by atoms with Crippen LogP contribution in [0, 0.1) is 11.8 Å². The molecule has 3 nitrogen and oxygen atoms in total. The number of esters is 1. The highest BCUT2D eigenvalue weighted by atomic mass is 16.5. The molecule has 2 atom stereocenters. The highest BCUT2D eigenvalue weighted by Gasteiger charge is 2.31. The van der Waals surface area contributed by atoms with Crippen LogP contribution in [0.4, 0.5) is 0 Å². The highest BCUT2D eigenvalue weighted by Crippen LogP contribution is 2.26. The Morgan fingerprint density at radius 2 is 1.82 bits per heavy atom. The summed E-state index contributed by atoms with van der Waals surface area (Å²) in [5.74, 6) is 1.20. The van der Waals surface area contributed by atoms with Crippen molar-refractivity contribution in [3.05, 3.63) is 0 Å². The number of hydrogen-bond acceptors (Lipinski definition) is 3. The summed E-state index contributed by atoms with van der Waals surface area (Å²) in [4.78, 5) is 12.1. The molecule has 0 bridgehead atoms. The molecule has 1 aliphatic heterocycles. The van der Waals surface area contributed by atoms with Crippen LogP contribution < -0.4 is 5.32 Å². The number of carbonyl (C=O) groups excluding carboxylic acids is 1. The van der Waals surface area contributed by atoms with Crippen molar-refractivity contribution < 1.29 is 9.53 Å². The maximum atomic E-state index is 12.1. The highest BCUT2D eigenvalue weighted by molar-refractivity contribution is 5.76. The van der Waals surface area contributed by atoms with Gasteiger partial charge in [0.15, 0.2) is 0 Å². The van der Waals surface area contributed by atoms with Crippen molar-refractivity contribution in [2.75, 3.05) is 6.54 Å². The molecule has 1 heterocycles. The lowest BCUT2D eigenvalue weighted by Gasteiger charge is -2.31. The summed E-state index contributed by atoms with van der Waals surface area (Å²) in [7, 11) is 0. The molecule has 2 aliphatic rings. The predicted octanol–water partition coefficient (Wildman–Crippen LogP) is 2.50. The van der Waals surface area contributed by atoms with Crippen LogP contribution in [0.15, 0.2) is 0 Å². The van der Waals surface area contributed by atoms with Gasteiger partial charge in [0.2, 0.25) is 0 Å². The van der Waals surface area contributed by atoms with E-state index in [1.807, 2.05) is 0 Å². The molecule has 17 heavy (non-hydrogen) atoms. The maximum Gasteiger partial charge on any atom is 0.323 e. The van der Waals surface area contributed by atoms with Gasteiger partial charge < -0.3 is 10.1 Å². The monoisotopic (exact) mass is 239 g/mol. The first-order chi connectivity index (χ1) is 8.16. The Morgan fingerprint density at radius 1 is 1.12 bits per heavy atom. The molecular formula is C14H25NO2. The molecular weight excluding hydrogens is 214 g/mol. The van der Waals surface area contributed by atoms with E-state index in [0.717, 1.165) is 31.7 Å². The van der Waals surface area contributed by atoms with E-state index in [1.165, 1.54) is 19.3 Å². The van der Waals surface area contributed by atoms with Gasteiger partial charge in [0, 0.05) is 0 Å². The average molecular weight is 239 g/mol. The van der Waals surface area contributed by atoms with Gasteiger partial charge in [-0.3, -0.25) is 4.79 Å². The first-order valence-electron chi connectivity index (χ1n) is 7.10. The molecule has 1 N–H and O–H groups in total. The van der Waals surface area contributed by atoms with Crippen LogP contribution in [0.5, 0.6) is 0 Å². The van der Waals surface area contributed by atoms with Crippen LogP contribution >= 0.6 is 0 Å². The van der Waals surface area contributed by atoms with E-state index in [1.54, 1.807) is 0 Å². The van der Waals surface area contributed by atoms with Crippen molar-refractivity contribution >= 4 is 5.97 Å². The number of carbonyl (C=O) groups is 1. The third-order valence-corrected chi connectivity index (χ3v) is 4.27. The number of hydrogen-bond donors (Lipinski definition) is 1. The molecule has 2 rings (SSSR count). The zero-order valence-corrected chi connectivity index (χ0v) is 11.1. The van der Waals surface area contributed by atoms with Crippen molar-refractivity contribution in [1.82, 2.24) is 5.32 Å². The molecule has 1 aliphatic carbocycles. The van der Waals surface area contributed by atoms with E-state index in [2.05, 4.69) is 19.2 Å². The van der Waals surface area contributed by atoms with E-state index in [4.69, 9.17) is 4.74 Å². The van der Waals surface area contributed by atoms with Gasteiger partial charge in [0.05, 0.1) is 0 Å². The van der Waals surface area contributed by atoms with Crippen molar-refractivity contribution in [2.45, 2.75) is 64.5 Å². The zero-order chi connectivity index (χ0) is 12.3. The second-order valence-corrected chi connectivity index (χ2v) is 5.87. The maximum absolute atomic E-state index is 12.1.